The van der Waals surface area contributed by atoms with Crippen LogP contribution in [-0.2, 0) is 0 Å². The highest BCUT2D eigenvalue weighted by Gasteiger charge is 2.20. The first-order valence-corrected chi connectivity index (χ1v) is 9.16. The monoisotopic (exact) mass is 379 g/mol. The van der Waals surface area contributed by atoms with E-state index >= 15 is 0 Å². The summed E-state index contributed by atoms with van der Waals surface area (Å²) < 4.78 is 1.32. The number of nitrogens with zero attached hydrogens (tertiary/aromatic N) is 4. The molecule has 0 unspecified atom stereocenters. The standard InChI is InChI=1S/C23H17N5O/c1-14(2)20-21(27-22-18(12-24)13-26-28(22)23(20)29)17-8-4-6-15(10-17)16-7-5-9-19(11-16)25-3/h4-11,13-14,26H,1-2H3. The van der Waals surface area contributed by atoms with Crippen LogP contribution in [0, 0.1) is 17.9 Å². The van der Waals surface area contributed by atoms with Crippen LogP contribution in [0.1, 0.15) is 30.9 Å². The molecule has 0 bridgehead atoms. The normalized spacial score (nSPS) is 10.8. The SMILES string of the molecule is [C-]#[N+]c1cccc(-c2cccc(-c3nc4c(C#N)c[nH]n4c(=O)c3C(C)C)c2)c1. The Morgan fingerprint density at radius 2 is 1.83 bits per heavy atom. The second kappa shape index (κ2) is 7.10. The number of nitriles is 1. The van der Waals surface area contributed by atoms with Crippen LogP contribution in [0.3, 0.4) is 0 Å². The van der Waals surface area contributed by atoms with E-state index in [1.165, 1.54) is 10.7 Å². The van der Waals surface area contributed by atoms with Gasteiger partial charge in [-0.2, -0.15) is 5.26 Å². The van der Waals surface area contributed by atoms with E-state index in [2.05, 4.69) is 21.0 Å². The maximum atomic E-state index is 13.1. The second-order valence-electron chi connectivity index (χ2n) is 7.03. The first-order valence-electron chi connectivity index (χ1n) is 9.16. The van der Waals surface area contributed by atoms with Crippen LogP contribution >= 0.6 is 0 Å². The molecule has 6 heteroatoms. The van der Waals surface area contributed by atoms with E-state index in [1.807, 2.05) is 56.3 Å². The highest BCUT2D eigenvalue weighted by molar-refractivity contribution is 5.76. The molecule has 0 radical (unpaired) electrons. The Hall–Kier alpha value is -4.16. The van der Waals surface area contributed by atoms with Gasteiger partial charge in [0.15, 0.2) is 11.3 Å². The Balaban J connectivity index is 1.97. The van der Waals surface area contributed by atoms with Crippen molar-refractivity contribution in [2.24, 2.45) is 0 Å². The first kappa shape index (κ1) is 18.2. The summed E-state index contributed by atoms with van der Waals surface area (Å²) in [7, 11) is 0. The van der Waals surface area contributed by atoms with Crippen molar-refractivity contribution in [3.8, 4) is 28.5 Å². The summed E-state index contributed by atoms with van der Waals surface area (Å²) >= 11 is 0. The van der Waals surface area contributed by atoms with E-state index in [4.69, 9.17) is 6.57 Å². The highest BCUT2D eigenvalue weighted by Crippen LogP contribution is 2.31. The number of rotatable bonds is 3. The van der Waals surface area contributed by atoms with Gasteiger partial charge in [-0.05, 0) is 29.2 Å². The third-order valence-corrected chi connectivity index (χ3v) is 4.84. The molecule has 0 saturated heterocycles. The van der Waals surface area contributed by atoms with Crippen LogP contribution in [-0.4, -0.2) is 14.6 Å². The Bertz CT molecular complexity index is 1380. The van der Waals surface area contributed by atoms with Gasteiger partial charge in [0, 0.05) is 17.3 Å². The average molecular weight is 379 g/mol. The van der Waals surface area contributed by atoms with Gasteiger partial charge >= 0.3 is 0 Å². The van der Waals surface area contributed by atoms with E-state index in [0.717, 1.165) is 16.7 Å². The number of aromatic nitrogens is 3. The summed E-state index contributed by atoms with van der Waals surface area (Å²) in [5.41, 5.74) is 4.80. The minimum absolute atomic E-state index is 0.0511. The molecular weight excluding hydrogens is 362 g/mol. The molecule has 0 spiro atoms. The Morgan fingerprint density at radius 3 is 2.52 bits per heavy atom. The molecule has 6 nitrogen and oxygen atoms in total. The number of hydrogen-bond acceptors (Lipinski definition) is 3. The Morgan fingerprint density at radius 1 is 1.14 bits per heavy atom. The van der Waals surface area contributed by atoms with Crippen LogP contribution in [0.15, 0.2) is 59.5 Å². The van der Waals surface area contributed by atoms with E-state index in [9.17, 15) is 10.1 Å². The van der Waals surface area contributed by atoms with Gasteiger partial charge in [-0.15, -0.1) is 0 Å². The van der Waals surface area contributed by atoms with E-state index in [1.54, 1.807) is 6.07 Å². The lowest BCUT2D eigenvalue weighted by Crippen LogP contribution is -2.22. The van der Waals surface area contributed by atoms with Crippen molar-refractivity contribution in [2.45, 2.75) is 19.8 Å². The number of H-pyrrole nitrogens is 1. The van der Waals surface area contributed by atoms with Crippen molar-refractivity contribution >= 4 is 11.3 Å². The van der Waals surface area contributed by atoms with Gasteiger partial charge in [-0.3, -0.25) is 9.89 Å². The maximum Gasteiger partial charge on any atom is 0.276 e. The van der Waals surface area contributed by atoms with Gasteiger partial charge in [0.1, 0.15) is 11.6 Å². The molecule has 0 aliphatic rings. The van der Waals surface area contributed by atoms with Crippen LogP contribution in [0.5, 0.6) is 0 Å². The molecule has 140 valence electrons. The number of hydrogen-bond donors (Lipinski definition) is 1. The zero-order valence-corrected chi connectivity index (χ0v) is 16.0. The smallest absolute Gasteiger partial charge is 0.276 e. The van der Waals surface area contributed by atoms with Crippen molar-refractivity contribution in [1.82, 2.24) is 14.6 Å². The minimum atomic E-state index is -0.207. The Kier molecular flexibility index (Phi) is 4.46. The van der Waals surface area contributed by atoms with Crippen molar-refractivity contribution in [1.29, 1.82) is 5.26 Å². The zero-order chi connectivity index (χ0) is 20.5. The fourth-order valence-electron chi connectivity index (χ4n) is 3.45. The summed E-state index contributed by atoms with van der Waals surface area (Å²) in [6.45, 7) is 11.1. The molecule has 2 aromatic carbocycles. The molecule has 1 N–H and O–H groups in total. The molecule has 0 aliphatic carbocycles. The molecule has 0 amide bonds. The molecule has 0 aliphatic heterocycles. The molecule has 0 atom stereocenters. The number of aromatic amines is 1. The van der Waals surface area contributed by atoms with Crippen LogP contribution < -0.4 is 5.56 Å². The second-order valence-corrected chi connectivity index (χ2v) is 7.03. The predicted octanol–water partition coefficient (Wildman–Crippen LogP) is 4.90. The summed E-state index contributed by atoms with van der Waals surface area (Å²) in [5.74, 6) is -0.0511. The Labute approximate surface area is 167 Å². The van der Waals surface area contributed by atoms with Gasteiger partial charge < -0.3 is 0 Å². The van der Waals surface area contributed by atoms with E-state index in [-0.39, 0.29) is 11.5 Å². The maximum absolute atomic E-state index is 13.1. The molecule has 0 saturated carbocycles. The van der Waals surface area contributed by atoms with Crippen LogP contribution in [0.25, 0.3) is 32.9 Å². The summed E-state index contributed by atoms with van der Waals surface area (Å²) in [5, 5.41) is 12.2. The predicted molar refractivity (Wildman–Crippen MR) is 112 cm³/mol. The van der Waals surface area contributed by atoms with Gasteiger partial charge in [-0.25, -0.2) is 14.3 Å². The lowest BCUT2D eigenvalue weighted by molar-refractivity contribution is 0.797. The van der Waals surface area contributed by atoms with Crippen molar-refractivity contribution in [3.05, 3.63) is 87.6 Å². The number of benzene rings is 2. The van der Waals surface area contributed by atoms with E-state index in [0.29, 0.717) is 28.2 Å². The van der Waals surface area contributed by atoms with E-state index < -0.39 is 0 Å². The van der Waals surface area contributed by atoms with Crippen molar-refractivity contribution in [3.63, 3.8) is 0 Å². The third kappa shape index (κ3) is 3.07. The van der Waals surface area contributed by atoms with Crippen LogP contribution in [0.2, 0.25) is 0 Å². The summed E-state index contributed by atoms with van der Waals surface area (Å²) in [6.07, 6.45) is 1.49. The molecule has 0 fully saturated rings. The quantitative estimate of drug-likeness (QED) is 0.514. The van der Waals surface area contributed by atoms with Gasteiger partial charge in [-0.1, -0.05) is 50.2 Å². The lowest BCUT2D eigenvalue weighted by Gasteiger charge is -2.13. The molecule has 2 heterocycles. The minimum Gasteiger partial charge on any atom is -0.295 e. The zero-order valence-electron chi connectivity index (χ0n) is 16.0. The fraction of sp³-hybridized carbons (Fsp3) is 0.130. The lowest BCUT2D eigenvalue weighted by atomic mass is 9.95. The number of fused-ring (bicyclic) bond motifs is 1. The largest absolute Gasteiger partial charge is 0.295 e. The number of nitrogens with one attached hydrogen (secondary N) is 1. The average Bonchev–Trinajstić information content (AvgIpc) is 3.17. The molecule has 29 heavy (non-hydrogen) atoms. The molecule has 4 rings (SSSR count). The molecule has 2 aromatic heterocycles. The summed E-state index contributed by atoms with van der Waals surface area (Å²) in [6, 6.07) is 17.2. The van der Waals surface area contributed by atoms with Crippen molar-refractivity contribution in [2.75, 3.05) is 0 Å². The van der Waals surface area contributed by atoms with Gasteiger partial charge in [0.05, 0.1) is 12.3 Å². The fourth-order valence-corrected chi connectivity index (χ4v) is 3.45. The molecular formula is C23H17N5O. The van der Waals surface area contributed by atoms with Crippen molar-refractivity contribution < 1.29 is 0 Å². The third-order valence-electron chi connectivity index (χ3n) is 4.84. The topological polar surface area (TPSA) is 78.3 Å². The van der Waals surface area contributed by atoms with Gasteiger partial charge in [0.2, 0.25) is 0 Å². The summed E-state index contributed by atoms with van der Waals surface area (Å²) in [4.78, 5) is 21.3. The highest BCUT2D eigenvalue weighted by atomic mass is 16.1. The molecule has 4 aromatic rings. The first-order chi connectivity index (χ1) is 14.0. The van der Waals surface area contributed by atoms with Crippen LogP contribution in [0.4, 0.5) is 5.69 Å². The van der Waals surface area contributed by atoms with Gasteiger partial charge in [0.25, 0.3) is 5.56 Å².